The topological polar surface area (TPSA) is 86.5 Å². The number of benzene rings is 1. The first-order valence-electron chi connectivity index (χ1n) is 10.3. The van der Waals surface area contributed by atoms with Crippen LogP contribution < -0.4 is 4.74 Å². The molecule has 0 bridgehead atoms. The summed E-state index contributed by atoms with van der Waals surface area (Å²) in [7, 11) is 0. The molecule has 1 saturated carbocycles. The molecule has 1 N–H and O–H groups in total. The van der Waals surface area contributed by atoms with Crippen LogP contribution in [0.5, 0.6) is 11.5 Å². The lowest BCUT2D eigenvalue weighted by molar-refractivity contribution is 0.0515. The number of carbonyl (C=O) groups excluding carboxylic acids is 1. The van der Waals surface area contributed by atoms with Crippen molar-refractivity contribution < 1.29 is 23.8 Å². The molecule has 1 aromatic carbocycles. The van der Waals surface area contributed by atoms with Gasteiger partial charge in [0.2, 0.25) is 5.69 Å². The molecule has 4 rings (SSSR count). The molecule has 2 aromatic heterocycles. The van der Waals surface area contributed by atoms with Gasteiger partial charge in [0.1, 0.15) is 11.5 Å². The van der Waals surface area contributed by atoms with Crippen LogP contribution in [-0.2, 0) is 11.3 Å². The number of aliphatic hydroxyl groups is 1. The van der Waals surface area contributed by atoms with Gasteiger partial charge in [-0.15, -0.1) is 0 Å². The maximum Gasteiger partial charge on any atom is 0.362 e. The van der Waals surface area contributed by atoms with Gasteiger partial charge in [0.25, 0.3) is 0 Å². The molecule has 1 aliphatic rings. The Bertz CT molecular complexity index is 1090. The van der Waals surface area contributed by atoms with Crippen molar-refractivity contribution in [3.05, 3.63) is 59.8 Å². The van der Waals surface area contributed by atoms with Gasteiger partial charge in [-0.3, -0.25) is 9.67 Å². The third-order valence-electron chi connectivity index (χ3n) is 5.05. The zero-order valence-electron chi connectivity index (χ0n) is 17.4. The van der Waals surface area contributed by atoms with Crippen molar-refractivity contribution in [2.75, 3.05) is 6.61 Å². The van der Waals surface area contributed by atoms with E-state index in [1.807, 2.05) is 0 Å². The lowest BCUT2D eigenvalue weighted by Crippen LogP contribution is -2.08. The fourth-order valence-corrected chi connectivity index (χ4v) is 3.37. The van der Waals surface area contributed by atoms with Crippen molar-refractivity contribution in [2.45, 2.75) is 39.3 Å². The van der Waals surface area contributed by atoms with Crippen molar-refractivity contribution in [3.8, 4) is 22.8 Å². The Morgan fingerprint density at radius 1 is 1.32 bits per heavy atom. The van der Waals surface area contributed by atoms with Crippen LogP contribution >= 0.6 is 0 Å². The Kier molecular flexibility index (Phi) is 5.99. The summed E-state index contributed by atoms with van der Waals surface area (Å²) in [4.78, 5) is 16.8. The van der Waals surface area contributed by atoms with Crippen LogP contribution in [0.1, 0.15) is 48.8 Å². The molecular formula is C23H24FN3O4. The first-order chi connectivity index (χ1) is 15.0. The number of halogens is 1. The molecule has 7 nitrogen and oxygen atoms in total. The van der Waals surface area contributed by atoms with E-state index < -0.39 is 17.9 Å². The summed E-state index contributed by atoms with van der Waals surface area (Å²) >= 11 is 0. The Balaban J connectivity index is 1.73. The van der Waals surface area contributed by atoms with Crippen LogP contribution in [0.4, 0.5) is 4.39 Å². The maximum absolute atomic E-state index is 13.8. The van der Waals surface area contributed by atoms with E-state index in [4.69, 9.17) is 9.47 Å². The number of rotatable bonds is 8. The molecule has 1 atom stereocenters. The van der Waals surface area contributed by atoms with E-state index in [1.165, 1.54) is 12.1 Å². The average Bonchev–Trinajstić information content (AvgIpc) is 3.47. The quantitative estimate of drug-likeness (QED) is 0.534. The van der Waals surface area contributed by atoms with Gasteiger partial charge < -0.3 is 14.6 Å². The predicted molar refractivity (Wildman–Crippen MR) is 111 cm³/mol. The van der Waals surface area contributed by atoms with Gasteiger partial charge in [-0.25, -0.2) is 9.18 Å². The molecule has 0 saturated heterocycles. The van der Waals surface area contributed by atoms with E-state index in [0.29, 0.717) is 35.0 Å². The zero-order valence-corrected chi connectivity index (χ0v) is 17.4. The number of esters is 1. The SMILES string of the molecule is CCOC(=O)c1nn(CC2CC2)cc1Oc1cccnc1-c1ccc(F)cc1[C@@H](C)O. The summed E-state index contributed by atoms with van der Waals surface area (Å²) in [5.74, 6) is 0.152. The van der Waals surface area contributed by atoms with Gasteiger partial charge in [-0.2, -0.15) is 5.10 Å². The number of ether oxygens (including phenoxy) is 2. The number of hydrogen-bond acceptors (Lipinski definition) is 6. The van der Waals surface area contributed by atoms with E-state index in [-0.39, 0.29) is 18.1 Å². The Hall–Kier alpha value is -3.26. The summed E-state index contributed by atoms with van der Waals surface area (Å²) in [6.07, 6.45) is 4.65. The lowest BCUT2D eigenvalue weighted by atomic mass is 9.99. The second kappa shape index (κ2) is 8.85. The van der Waals surface area contributed by atoms with Crippen LogP contribution in [0, 0.1) is 11.7 Å². The molecular weight excluding hydrogens is 401 g/mol. The zero-order chi connectivity index (χ0) is 22.0. The van der Waals surface area contributed by atoms with Crippen LogP contribution in [0.2, 0.25) is 0 Å². The molecule has 1 fully saturated rings. The summed E-state index contributed by atoms with van der Waals surface area (Å²) in [5, 5.41) is 14.5. The molecule has 1 aliphatic carbocycles. The number of nitrogens with zero attached hydrogens (tertiary/aromatic N) is 3. The minimum atomic E-state index is -0.906. The molecule has 31 heavy (non-hydrogen) atoms. The number of aromatic nitrogens is 3. The van der Waals surface area contributed by atoms with Gasteiger partial charge >= 0.3 is 5.97 Å². The molecule has 0 amide bonds. The monoisotopic (exact) mass is 425 g/mol. The van der Waals surface area contributed by atoms with Crippen molar-refractivity contribution in [2.24, 2.45) is 5.92 Å². The van der Waals surface area contributed by atoms with Crippen LogP contribution in [0.15, 0.2) is 42.7 Å². The highest BCUT2D eigenvalue weighted by molar-refractivity contribution is 5.90. The molecule has 0 radical (unpaired) electrons. The Labute approximate surface area is 179 Å². The third kappa shape index (κ3) is 4.74. The van der Waals surface area contributed by atoms with Gasteiger partial charge in [0.15, 0.2) is 11.5 Å². The van der Waals surface area contributed by atoms with E-state index in [9.17, 15) is 14.3 Å². The summed E-state index contributed by atoms with van der Waals surface area (Å²) in [6.45, 7) is 4.21. The molecule has 2 heterocycles. The van der Waals surface area contributed by atoms with Crippen molar-refractivity contribution in [1.29, 1.82) is 0 Å². The van der Waals surface area contributed by atoms with Crippen LogP contribution in [-0.4, -0.2) is 32.4 Å². The lowest BCUT2D eigenvalue weighted by Gasteiger charge is -2.15. The highest BCUT2D eigenvalue weighted by Gasteiger charge is 2.26. The standard InChI is InChI=1S/C23H24FN3O4/c1-3-30-23(29)22-20(13-27(26-22)12-15-6-7-15)31-19-5-4-10-25-21(19)17-9-8-16(24)11-18(17)14(2)28/h4-5,8-11,13-15,28H,3,6-7,12H2,1-2H3/t14-/m1/s1. The Morgan fingerprint density at radius 3 is 2.84 bits per heavy atom. The van der Waals surface area contributed by atoms with Gasteiger partial charge in [0.05, 0.1) is 18.9 Å². The maximum atomic E-state index is 13.8. The second-order valence-electron chi connectivity index (χ2n) is 7.59. The predicted octanol–water partition coefficient (Wildman–Crippen LogP) is 4.52. The fraction of sp³-hybridized carbons (Fsp3) is 0.348. The first-order valence-corrected chi connectivity index (χ1v) is 10.3. The van der Waals surface area contributed by atoms with Crippen LogP contribution in [0.3, 0.4) is 0 Å². The van der Waals surface area contributed by atoms with Crippen molar-refractivity contribution in [3.63, 3.8) is 0 Å². The number of carbonyl (C=O) groups is 1. The van der Waals surface area contributed by atoms with Crippen LogP contribution in [0.25, 0.3) is 11.3 Å². The normalized spacial score (nSPS) is 14.3. The third-order valence-corrected chi connectivity index (χ3v) is 5.05. The largest absolute Gasteiger partial charge is 0.461 e. The molecule has 0 aliphatic heterocycles. The Morgan fingerprint density at radius 2 is 2.13 bits per heavy atom. The number of hydrogen-bond donors (Lipinski definition) is 1. The molecule has 162 valence electrons. The highest BCUT2D eigenvalue weighted by Crippen LogP contribution is 2.37. The minimum absolute atomic E-state index is 0.0900. The highest BCUT2D eigenvalue weighted by atomic mass is 19.1. The van der Waals surface area contributed by atoms with Gasteiger partial charge in [0, 0.05) is 18.3 Å². The molecule has 0 spiro atoms. The minimum Gasteiger partial charge on any atom is -0.461 e. The second-order valence-corrected chi connectivity index (χ2v) is 7.59. The van der Waals surface area contributed by atoms with E-state index in [1.54, 1.807) is 49.1 Å². The van der Waals surface area contributed by atoms with Gasteiger partial charge in [-0.05, 0) is 68.5 Å². The summed E-state index contributed by atoms with van der Waals surface area (Å²) < 4.78 is 26.7. The van der Waals surface area contributed by atoms with Crippen molar-refractivity contribution in [1.82, 2.24) is 14.8 Å². The van der Waals surface area contributed by atoms with E-state index >= 15 is 0 Å². The van der Waals surface area contributed by atoms with E-state index in [0.717, 1.165) is 12.8 Å². The molecule has 8 heteroatoms. The average molecular weight is 425 g/mol. The first kappa shape index (κ1) is 21.0. The number of pyridine rings is 1. The smallest absolute Gasteiger partial charge is 0.362 e. The number of aliphatic hydroxyl groups excluding tert-OH is 1. The van der Waals surface area contributed by atoms with Gasteiger partial charge in [-0.1, -0.05) is 0 Å². The fourth-order valence-electron chi connectivity index (χ4n) is 3.37. The molecule has 0 unspecified atom stereocenters. The van der Waals surface area contributed by atoms with E-state index in [2.05, 4.69) is 10.1 Å². The van der Waals surface area contributed by atoms with Crippen molar-refractivity contribution >= 4 is 5.97 Å². The summed E-state index contributed by atoms with van der Waals surface area (Å²) in [5.41, 5.74) is 1.43. The summed E-state index contributed by atoms with van der Waals surface area (Å²) in [6, 6.07) is 7.52. The molecule has 3 aromatic rings.